The molecule has 7 nitrogen and oxygen atoms in total. The predicted molar refractivity (Wildman–Crippen MR) is 139 cm³/mol. The second kappa shape index (κ2) is 10.7. The van der Waals surface area contributed by atoms with Gasteiger partial charge in [0.15, 0.2) is 0 Å². The Bertz CT molecular complexity index is 1210. The fourth-order valence-electron chi connectivity index (χ4n) is 5.72. The molecule has 5 rings (SSSR count). The molecule has 2 aromatic rings. The van der Waals surface area contributed by atoms with E-state index < -0.39 is 23.6 Å². The summed E-state index contributed by atoms with van der Waals surface area (Å²) in [5.41, 5.74) is 7.29. The number of rotatable bonds is 7. The lowest BCUT2D eigenvalue weighted by Crippen LogP contribution is -2.46. The van der Waals surface area contributed by atoms with Crippen LogP contribution >= 0.6 is 0 Å². The van der Waals surface area contributed by atoms with Crippen LogP contribution in [0.15, 0.2) is 36.4 Å². The molecule has 2 fully saturated rings. The van der Waals surface area contributed by atoms with Crippen LogP contribution in [0, 0.1) is 0 Å². The number of carbonyl (C=O) groups is 2. The van der Waals surface area contributed by atoms with Gasteiger partial charge in [0, 0.05) is 63.1 Å². The smallest absolute Gasteiger partial charge is 0.369 e. The number of nitrogens with one attached hydrogen (secondary N) is 1. The van der Waals surface area contributed by atoms with Crippen LogP contribution in [0.1, 0.15) is 58.3 Å². The Morgan fingerprint density at radius 2 is 1.76 bits per heavy atom. The van der Waals surface area contributed by atoms with Crippen molar-refractivity contribution in [2.75, 3.05) is 44.6 Å². The minimum Gasteiger partial charge on any atom is -0.369 e. The lowest BCUT2D eigenvalue weighted by molar-refractivity contribution is -0.138. The topological polar surface area (TPSA) is 81.9 Å². The normalized spacial score (nSPS) is 21.2. The summed E-state index contributed by atoms with van der Waals surface area (Å²) in [5, 5.41) is 2.64. The maximum Gasteiger partial charge on any atom is 0.416 e. The van der Waals surface area contributed by atoms with E-state index in [0.717, 1.165) is 43.4 Å². The monoisotopic (exact) mass is 529 g/mol. The number of nitrogens with zero attached hydrogens (tertiary/aromatic N) is 3. The van der Waals surface area contributed by atoms with E-state index in [1.165, 1.54) is 25.0 Å². The number of anilines is 1. The molecule has 2 heterocycles. The van der Waals surface area contributed by atoms with Gasteiger partial charge in [-0.05, 0) is 59.7 Å². The number of hydrogen-bond donors (Lipinski definition) is 2. The fraction of sp³-hybridized carbons (Fsp3) is 0.500. The van der Waals surface area contributed by atoms with E-state index in [1.54, 1.807) is 12.1 Å². The van der Waals surface area contributed by atoms with Gasteiger partial charge in [0.2, 0.25) is 5.91 Å². The molecule has 1 aliphatic carbocycles. The number of nitrogens with two attached hydrogens (primary N) is 1. The van der Waals surface area contributed by atoms with Crippen molar-refractivity contribution in [1.29, 1.82) is 0 Å². The average Bonchev–Trinajstić information content (AvgIpc) is 3.70. The van der Waals surface area contributed by atoms with Crippen LogP contribution in [-0.4, -0.2) is 71.8 Å². The van der Waals surface area contributed by atoms with Gasteiger partial charge in [-0.1, -0.05) is 19.1 Å². The van der Waals surface area contributed by atoms with Gasteiger partial charge in [-0.25, -0.2) is 0 Å². The molecular formula is C28H34F3N5O2. The van der Waals surface area contributed by atoms with E-state index in [9.17, 15) is 22.8 Å². The van der Waals surface area contributed by atoms with Crippen molar-refractivity contribution >= 4 is 17.5 Å². The Balaban J connectivity index is 1.28. The molecule has 3 aliphatic rings. The summed E-state index contributed by atoms with van der Waals surface area (Å²) in [7, 11) is 0. The zero-order valence-corrected chi connectivity index (χ0v) is 21.6. The first-order valence-corrected chi connectivity index (χ1v) is 13.2. The number of benzene rings is 2. The molecule has 1 saturated heterocycles. The Morgan fingerprint density at radius 3 is 2.42 bits per heavy atom. The Hall–Kier alpha value is -2.95. The zero-order chi connectivity index (χ0) is 27.0. The molecule has 2 aromatic carbocycles. The molecule has 0 radical (unpaired) electrons. The average molecular weight is 530 g/mol. The molecular weight excluding hydrogens is 495 g/mol. The highest BCUT2D eigenvalue weighted by Gasteiger charge is 2.35. The van der Waals surface area contributed by atoms with Crippen molar-refractivity contribution in [3.63, 3.8) is 0 Å². The van der Waals surface area contributed by atoms with Crippen molar-refractivity contribution in [3.05, 3.63) is 64.2 Å². The van der Waals surface area contributed by atoms with Crippen LogP contribution in [-0.2, 0) is 24.1 Å². The minimum absolute atomic E-state index is 0.103. The van der Waals surface area contributed by atoms with Gasteiger partial charge in [0.1, 0.15) is 0 Å². The van der Waals surface area contributed by atoms with Crippen LogP contribution < -0.4 is 11.1 Å². The highest BCUT2D eigenvalue weighted by atomic mass is 19.4. The maximum atomic E-state index is 14.0. The molecule has 1 atom stereocenters. The van der Waals surface area contributed by atoms with E-state index in [-0.39, 0.29) is 30.3 Å². The fourth-order valence-corrected chi connectivity index (χ4v) is 5.72. The van der Waals surface area contributed by atoms with Crippen molar-refractivity contribution in [2.45, 2.75) is 51.0 Å². The Kier molecular flexibility index (Phi) is 7.48. The number of halogens is 3. The number of piperazine rings is 1. The maximum absolute atomic E-state index is 14.0. The molecule has 0 spiro atoms. The Morgan fingerprint density at radius 1 is 1.03 bits per heavy atom. The molecule has 0 aromatic heterocycles. The van der Waals surface area contributed by atoms with Crippen LogP contribution in [0.5, 0.6) is 0 Å². The van der Waals surface area contributed by atoms with Gasteiger partial charge in [-0.2, -0.15) is 13.2 Å². The van der Waals surface area contributed by atoms with E-state index in [1.807, 2.05) is 17.9 Å². The summed E-state index contributed by atoms with van der Waals surface area (Å²) in [4.78, 5) is 30.8. The number of carbonyl (C=O) groups excluding carboxylic acids is 2. The molecule has 38 heavy (non-hydrogen) atoms. The van der Waals surface area contributed by atoms with Gasteiger partial charge in [-0.3, -0.25) is 24.3 Å². The first kappa shape index (κ1) is 26.6. The second-order valence-electron chi connectivity index (χ2n) is 10.8. The molecule has 0 unspecified atom stereocenters. The number of hydrogen-bond acceptors (Lipinski definition) is 5. The van der Waals surface area contributed by atoms with Gasteiger partial charge < -0.3 is 11.1 Å². The van der Waals surface area contributed by atoms with Crippen molar-refractivity contribution in [2.24, 2.45) is 5.73 Å². The number of primary amides is 1. The third kappa shape index (κ3) is 6.19. The van der Waals surface area contributed by atoms with E-state index in [4.69, 9.17) is 5.73 Å². The molecule has 10 heteroatoms. The molecule has 3 N–H and O–H groups in total. The first-order valence-electron chi connectivity index (χ1n) is 13.2. The van der Waals surface area contributed by atoms with Gasteiger partial charge in [0.05, 0.1) is 12.1 Å². The second-order valence-corrected chi connectivity index (χ2v) is 10.8. The Labute approximate surface area is 220 Å². The summed E-state index contributed by atoms with van der Waals surface area (Å²) in [5.74, 6) is -0.739. The summed E-state index contributed by atoms with van der Waals surface area (Å²) in [6.07, 6.45) is -2.08. The first-order chi connectivity index (χ1) is 18.1. The molecule has 2 amide bonds. The van der Waals surface area contributed by atoms with Crippen molar-refractivity contribution in [1.82, 2.24) is 14.7 Å². The van der Waals surface area contributed by atoms with Crippen LogP contribution in [0.3, 0.4) is 0 Å². The van der Waals surface area contributed by atoms with Gasteiger partial charge in [0.25, 0.3) is 5.91 Å². The summed E-state index contributed by atoms with van der Waals surface area (Å²) < 4.78 is 42.0. The zero-order valence-electron chi connectivity index (χ0n) is 21.6. The van der Waals surface area contributed by atoms with E-state index >= 15 is 0 Å². The molecule has 204 valence electrons. The lowest BCUT2D eigenvalue weighted by atomic mass is 9.89. The molecule has 2 aliphatic heterocycles. The largest absolute Gasteiger partial charge is 0.416 e. The van der Waals surface area contributed by atoms with Crippen LogP contribution in [0.2, 0.25) is 0 Å². The van der Waals surface area contributed by atoms with Crippen LogP contribution in [0.4, 0.5) is 18.9 Å². The molecule has 0 bridgehead atoms. The summed E-state index contributed by atoms with van der Waals surface area (Å²) in [6.45, 7) is 6.84. The lowest BCUT2D eigenvalue weighted by Gasteiger charge is -2.35. The van der Waals surface area contributed by atoms with Gasteiger partial charge >= 0.3 is 6.18 Å². The van der Waals surface area contributed by atoms with Crippen molar-refractivity contribution in [3.8, 4) is 0 Å². The highest BCUT2D eigenvalue weighted by molar-refractivity contribution is 6.04. The SMILES string of the molecule is C[C@H]1CN(CC(N)=O)Cc2cc(C(=O)Nc3ccc(CN4CCN(C5CC5)CC4)c(C(F)(F)F)c3)ccc21. The van der Waals surface area contributed by atoms with E-state index in [2.05, 4.69) is 15.1 Å². The summed E-state index contributed by atoms with van der Waals surface area (Å²) >= 11 is 0. The standard InChI is InChI=1S/C28H34F3N5O2/c1-18-14-35(17-26(32)37)16-21-12-19(3-7-24(18)21)27(38)33-22-4-2-20(25(13-22)28(29,30)31)15-34-8-10-36(11-9-34)23-5-6-23/h2-4,7,12-13,18,23H,5-6,8-11,14-17H2,1H3,(H2,32,37)(H,33,38)/t18-/m0/s1. The van der Waals surface area contributed by atoms with Crippen LogP contribution in [0.25, 0.3) is 0 Å². The minimum atomic E-state index is -4.53. The highest BCUT2D eigenvalue weighted by Crippen LogP contribution is 2.35. The van der Waals surface area contributed by atoms with Crippen molar-refractivity contribution < 1.29 is 22.8 Å². The number of amides is 2. The van der Waals surface area contributed by atoms with E-state index in [0.29, 0.717) is 24.7 Å². The van der Waals surface area contributed by atoms with Gasteiger partial charge in [-0.15, -0.1) is 0 Å². The number of fused-ring (bicyclic) bond motifs is 1. The quantitative estimate of drug-likeness (QED) is 0.573. The predicted octanol–water partition coefficient (Wildman–Crippen LogP) is 3.64. The summed E-state index contributed by atoms with van der Waals surface area (Å²) in [6, 6.07) is 10.0. The third-order valence-corrected chi connectivity index (χ3v) is 7.78. The molecule has 1 saturated carbocycles. The third-order valence-electron chi connectivity index (χ3n) is 7.78. The number of alkyl halides is 3.